The minimum Gasteiger partial charge on any atom is -0.464 e. The molecule has 0 saturated heterocycles. The van der Waals surface area contributed by atoms with E-state index in [1.165, 1.54) is 39.3 Å². The average Bonchev–Trinajstić information content (AvgIpc) is 3.56. The van der Waals surface area contributed by atoms with Gasteiger partial charge in [-0.15, -0.1) is 0 Å². The van der Waals surface area contributed by atoms with Gasteiger partial charge in [0.15, 0.2) is 5.69 Å². The predicted octanol–water partition coefficient (Wildman–Crippen LogP) is 3.70. The van der Waals surface area contributed by atoms with Crippen molar-refractivity contribution in [2.45, 2.75) is 13.8 Å². The van der Waals surface area contributed by atoms with Gasteiger partial charge in [0.1, 0.15) is 23.0 Å². The predicted molar refractivity (Wildman–Crippen MR) is 127 cm³/mol. The molecule has 184 valence electrons. The molecule has 4 rings (SSSR count). The SMILES string of the molecule is COC(=O)c1cn(-c2nc(Cl)ncc2C)cn1.COC(=O)c1cnc[nH]1.Cc1cnc(Cl)nc1Cl. The molecule has 0 fully saturated rings. The Labute approximate surface area is 214 Å². The molecule has 15 heteroatoms. The average molecular weight is 542 g/mol. The van der Waals surface area contributed by atoms with Crippen molar-refractivity contribution >= 4 is 46.7 Å². The Morgan fingerprint density at radius 3 is 2.06 bits per heavy atom. The summed E-state index contributed by atoms with van der Waals surface area (Å²) in [6.07, 6.45) is 9.01. The van der Waals surface area contributed by atoms with Gasteiger partial charge in [0, 0.05) is 29.7 Å². The van der Waals surface area contributed by atoms with E-state index in [1.807, 2.05) is 13.8 Å². The third-order valence-corrected chi connectivity index (χ3v) is 4.67. The highest BCUT2D eigenvalue weighted by Gasteiger charge is 2.12. The van der Waals surface area contributed by atoms with Gasteiger partial charge in [0.05, 0.1) is 26.7 Å². The number of carbonyl (C=O) groups excluding carboxylic acids is 2. The van der Waals surface area contributed by atoms with Crippen LogP contribution in [-0.4, -0.2) is 65.6 Å². The summed E-state index contributed by atoms with van der Waals surface area (Å²) in [5.41, 5.74) is 2.24. The molecule has 0 aliphatic carbocycles. The lowest BCUT2D eigenvalue weighted by atomic mass is 10.3. The quantitative estimate of drug-likeness (QED) is 0.231. The molecule has 0 bridgehead atoms. The van der Waals surface area contributed by atoms with Crippen molar-refractivity contribution in [2.24, 2.45) is 0 Å². The first-order valence-corrected chi connectivity index (χ1v) is 10.6. The molecule has 1 N–H and O–H groups in total. The number of halogens is 3. The monoisotopic (exact) mass is 540 g/mol. The van der Waals surface area contributed by atoms with Crippen molar-refractivity contribution in [1.29, 1.82) is 0 Å². The molecule has 12 nitrogen and oxygen atoms in total. The number of aryl methyl sites for hydroxylation is 2. The molecule has 4 aromatic heterocycles. The molecule has 0 spiro atoms. The fourth-order valence-electron chi connectivity index (χ4n) is 2.20. The molecule has 0 aliphatic rings. The second kappa shape index (κ2) is 13.3. The molecular weight excluding hydrogens is 523 g/mol. The Bertz CT molecular complexity index is 1280. The summed E-state index contributed by atoms with van der Waals surface area (Å²) in [6.45, 7) is 3.65. The van der Waals surface area contributed by atoms with Gasteiger partial charge < -0.3 is 14.5 Å². The van der Waals surface area contributed by atoms with Crippen LogP contribution < -0.4 is 0 Å². The highest BCUT2D eigenvalue weighted by atomic mass is 35.5. The molecular formula is C20H19Cl3N8O4. The third-order valence-electron chi connectivity index (χ3n) is 3.92. The maximum atomic E-state index is 11.3. The number of ether oxygens (including phenoxy) is 2. The molecule has 4 heterocycles. The molecule has 4 aromatic rings. The third kappa shape index (κ3) is 8.28. The van der Waals surface area contributed by atoms with E-state index in [-0.39, 0.29) is 16.3 Å². The Morgan fingerprint density at radius 1 is 0.886 bits per heavy atom. The van der Waals surface area contributed by atoms with E-state index in [0.717, 1.165) is 11.1 Å². The minimum absolute atomic E-state index is 0.138. The van der Waals surface area contributed by atoms with Crippen LogP contribution in [-0.2, 0) is 9.47 Å². The lowest BCUT2D eigenvalue weighted by molar-refractivity contribution is 0.0586. The van der Waals surface area contributed by atoms with Crippen LogP contribution in [0.1, 0.15) is 32.1 Å². The lowest BCUT2D eigenvalue weighted by Crippen LogP contribution is -2.02. The molecule has 0 atom stereocenters. The second-order valence-electron chi connectivity index (χ2n) is 6.37. The number of methoxy groups -OCH3 is 2. The van der Waals surface area contributed by atoms with E-state index in [4.69, 9.17) is 34.8 Å². The summed E-state index contributed by atoms with van der Waals surface area (Å²) >= 11 is 16.7. The van der Waals surface area contributed by atoms with E-state index < -0.39 is 11.9 Å². The molecule has 0 radical (unpaired) electrons. The normalized spacial score (nSPS) is 9.80. The van der Waals surface area contributed by atoms with Gasteiger partial charge in [-0.3, -0.25) is 4.57 Å². The molecule has 0 unspecified atom stereocenters. The van der Waals surface area contributed by atoms with E-state index in [1.54, 1.807) is 17.0 Å². The van der Waals surface area contributed by atoms with Crippen molar-refractivity contribution in [3.63, 3.8) is 0 Å². The summed E-state index contributed by atoms with van der Waals surface area (Å²) in [5.74, 6) is -0.318. The number of hydrogen-bond acceptors (Lipinski definition) is 10. The smallest absolute Gasteiger partial charge is 0.358 e. The van der Waals surface area contributed by atoms with Gasteiger partial charge in [-0.1, -0.05) is 11.6 Å². The lowest BCUT2D eigenvalue weighted by Gasteiger charge is -2.04. The summed E-state index contributed by atoms with van der Waals surface area (Å²) in [5, 5.41) is 0.736. The highest BCUT2D eigenvalue weighted by Crippen LogP contribution is 2.13. The number of H-pyrrole nitrogens is 1. The Balaban J connectivity index is 0.000000203. The fourth-order valence-corrected chi connectivity index (χ4v) is 2.64. The number of hydrogen-bond donors (Lipinski definition) is 1. The van der Waals surface area contributed by atoms with Gasteiger partial charge in [-0.05, 0) is 37.0 Å². The Hall–Kier alpha value is -3.61. The van der Waals surface area contributed by atoms with E-state index >= 15 is 0 Å². The molecule has 0 amide bonds. The number of aromatic amines is 1. The van der Waals surface area contributed by atoms with Crippen LogP contribution in [0.2, 0.25) is 15.7 Å². The standard InChI is InChI=1S/C10H9ClN4O2.C5H4Cl2N2.C5H6N2O2/c1-6-3-12-10(11)14-8(6)15-4-7(13-5-15)9(16)17-2;1-3-2-8-5(7)9-4(3)6;1-9-5(8)4-2-6-3-7-4/h3-5H,1-2H3;2H,1H3;2-3H,1H3,(H,6,7). The summed E-state index contributed by atoms with van der Waals surface area (Å²) < 4.78 is 10.5. The number of aromatic nitrogens is 8. The fraction of sp³-hybridized carbons (Fsp3) is 0.200. The molecule has 0 saturated carbocycles. The number of esters is 2. The maximum Gasteiger partial charge on any atom is 0.358 e. The van der Waals surface area contributed by atoms with Gasteiger partial charge in [-0.2, -0.15) is 4.98 Å². The van der Waals surface area contributed by atoms with Gasteiger partial charge in [0.25, 0.3) is 0 Å². The number of rotatable bonds is 3. The minimum atomic E-state index is -0.499. The molecule has 35 heavy (non-hydrogen) atoms. The zero-order valence-electron chi connectivity index (χ0n) is 18.9. The number of carbonyl (C=O) groups is 2. The largest absolute Gasteiger partial charge is 0.464 e. The first kappa shape index (κ1) is 27.6. The van der Waals surface area contributed by atoms with Gasteiger partial charge in [-0.25, -0.2) is 34.5 Å². The number of nitrogens with one attached hydrogen (secondary N) is 1. The van der Waals surface area contributed by atoms with Crippen LogP contribution in [0.4, 0.5) is 0 Å². The van der Waals surface area contributed by atoms with Crippen molar-refractivity contribution < 1.29 is 19.1 Å². The number of imidazole rings is 2. The summed E-state index contributed by atoms with van der Waals surface area (Å²) in [7, 11) is 2.62. The van der Waals surface area contributed by atoms with Gasteiger partial charge >= 0.3 is 11.9 Å². The number of nitrogens with zero attached hydrogens (tertiary/aromatic N) is 7. The van der Waals surface area contributed by atoms with Crippen molar-refractivity contribution in [1.82, 2.24) is 39.5 Å². The van der Waals surface area contributed by atoms with E-state index in [0.29, 0.717) is 16.7 Å². The Kier molecular flexibility index (Phi) is 10.5. The van der Waals surface area contributed by atoms with Crippen molar-refractivity contribution in [3.05, 3.63) is 75.7 Å². The summed E-state index contributed by atoms with van der Waals surface area (Å²) in [4.78, 5) is 47.3. The van der Waals surface area contributed by atoms with Gasteiger partial charge in [0.2, 0.25) is 10.6 Å². The van der Waals surface area contributed by atoms with Crippen LogP contribution >= 0.6 is 34.8 Å². The highest BCUT2D eigenvalue weighted by molar-refractivity contribution is 6.32. The first-order valence-electron chi connectivity index (χ1n) is 9.49. The zero-order valence-corrected chi connectivity index (χ0v) is 21.1. The topological polar surface area (TPSA) is 151 Å². The Morgan fingerprint density at radius 2 is 1.51 bits per heavy atom. The summed E-state index contributed by atoms with van der Waals surface area (Å²) in [6, 6.07) is 0. The van der Waals surface area contributed by atoms with Crippen LogP contribution in [0.15, 0.2) is 37.4 Å². The second-order valence-corrected chi connectivity index (χ2v) is 7.41. The van der Waals surface area contributed by atoms with E-state index in [9.17, 15) is 9.59 Å². The van der Waals surface area contributed by atoms with Crippen molar-refractivity contribution in [2.75, 3.05) is 14.2 Å². The van der Waals surface area contributed by atoms with E-state index in [2.05, 4.69) is 44.4 Å². The maximum absolute atomic E-state index is 11.3. The van der Waals surface area contributed by atoms with Crippen LogP contribution in [0.5, 0.6) is 0 Å². The first-order chi connectivity index (χ1) is 16.7. The zero-order chi connectivity index (χ0) is 26.0. The van der Waals surface area contributed by atoms with Crippen LogP contribution in [0.25, 0.3) is 5.82 Å². The molecule has 0 aliphatic heterocycles. The molecule has 0 aromatic carbocycles. The van der Waals surface area contributed by atoms with Crippen LogP contribution in [0.3, 0.4) is 0 Å². The van der Waals surface area contributed by atoms with Crippen LogP contribution in [0, 0.1) is 13.8 Å². The van der Waals surface area contributed by atoms with Crippen molar-refractivity contribution in [3.8, 4) is 5.82 Å².